The van der Waals surface area contributed by atoms with Crippen LogP contribution in [0.4, 0.5) is 17.6 Å². The number of alkyl halides is 3. The first kappa shape index (κ1) is 17.2. The van der Waals surface area contributed by atoms with E-state index in [1.807, 2.05) is 0 Å². The van der Waals surface area contributed by atoms with Gasteiger partial charge >= 0.3 is 6.18 Å². The van der Waals surface area contributed by atoms with Gasteiger partial charge in [-0.2, -0.15) is 13.2 Å². The fraction of sp³-hybridized carbons (Fsp3) is 0.600. The third-order valence-corrected chi connectivity index (χ3v) is 4.02. The van der Waals surface area contributed by atoms with Crippen molar-refractivity contribution in [3.8, 4) is 0 Å². The Bertz CT molecular complexity index is 499. The second-order valence-corrected chi connectivity index (χ2v) is 5.68. The molecule has 124 valence electrons. The van der Waals surface area contributed by atoms with Gasteiger partial charge in [-0.3, -0.25) is 0 Å². The van der Waals surface area contributed by atoms with Gasteiger partial charge in [0.15, 0.2) is 0 Å². The smallest absolute Gasteiger partial charge is 0.396 e. The molecule has 1 unspecified atom stereocenters. The van der Waals surface area contributed by atoms with Gasteiger partial charge < -0.3 is 15.2 Å². The molecule has 1 aliphatic heterocycles. The molecule has 22 heavy (non-hydrogen) atoms. The molecule has 0 amide bonds. The molecular weight excluding hydrogens is 302 g/mol. The number of nitrogens with one attached hydrogen (secondary N) is 1. The molecule has 3 nitrogen and oxygen atoms in total. The largest absolute Gasteiger partial charge is 0.416 e. The summed E-state index contributed by atoms with van der Waals surface area (Å²) in [5.41, 5.74) is -1.20. The molecule has 1 fully saturated rings. The van der Waals surface area contributed by atoms with Crippen LogP contribution in [0.5, 0.6) is 0 Å². The Hall–Kier alpha value is -1.18. The maximum absolute atomic E-state index is 13.0. The first-order chi connectivity index (χ1) is 10.4. The number of rotatable bonds is 6. The van der Waals surface area contributed by atoms with Crippen LogP contribution in [-0.4, -0.2) is 31.5 Å². The quantitative estimate of drug-likeness (QED) is 0.792. The maximum atomic E-state index is 13.0. The van der Waals surface area contributed by atoms with Gasteiger partial charge in [0.1, 0.15) is 5.82 Å². The molecule has 0 aliphatic carbocycles. The zero-order valence-electron chi connectivity index (χ0n) is 12.0. The van der Waals surface area contributed by atoms with Crippen LogP contribution in [0.1, 0.15) is 24.0 Å². The van der Waals surface area contributed by atoms with Crippen molar-refractivity contribution in [3.63, 3.8) is 0 Å². The number of benzene rings is 1. The van der Waals surface area contributed by atoms with Gasteiger partial charge in [0.05, 0.1) is 12.2 Å². The van der Waals surface area contributed by atoms with E-state index < -0.39 is 17.6 Å². The Labute approximate surface area is 126 Å². The minimum absolute atomic E-state index is 0.00645. The van der Waals surface area contributed by atoms with E-state index in [4.69, 9.17) is 9.84 Å². The monoisotopic (exact) mass is 321 g/mol. The van der Waals surface area contributed by atoms with Crippen LogP contribution in [0.15, 0.2) is 18.2 Å². The average molecular weight is 321 g/mol. The lowest BCUT2D eigenvalue weighted by Crippen LogP contribution is -2.35. The Kier molecular flexibility index (Phi) is 5.41. The Balaban J connectivity index is 2.02. The number of aliphatic hydroxyl groups excluding tert-OH is 1. The van der Waals surface area contributed by atoms with Crippen molar-refractivity contribution in [2.75, 3.05) is 26.4 Å². The lowest BCUT2D eigenvalue weighted by atomic mass is 9.84. The average Bonchev–Trinajstić information content (AvgIpc) is 2.88. The summed E-state index contributed by atoms with van der Waals surface area (Å²) in [5, 5.41) is 12.1. The highest BCUT2D eigenvalue weighted by molar-refractivity contribution is 5.30. The molecule has 0 aromatic heterocycles. The lowest BCUT2D eigenvalue weighted by molar-refractivity contribution is -0.138. The normalized spacial score (nSPS) is 22.2. The van der Waals surface area contributed by atoms with Crippen molar-refractivity contribution >= 4 is 0 Å². The molecular formula is C15H19F4NO2. The third kappa shape index (κ3) is 4.18. The first-order valence-corrected chi connectivity index (χ1v) is 7.11. The van der Waals surface area contributed by atoms with Crippen LogP contribution < -0.4 is 5.32 Å². The molecule has 7 heteroatoms. The molecule has 0 saturated carbocycles. The molecule has 1 heterocycles. The van der Waals surface area contributed by atoms with Crippen LogP contribution in [0.2, 0.25) is 0 Å². The summed E-state index contributed by atoms with van der Waals surface area (Å²) in [6.45, 7) is 1.52. The third-order valence-electron chi connectivity index (χ3n) is 4.02. The Morgan fingerprint density at radius 1 is 1.32 bits per heavy atom. The van der Waals surface area contributed by atoms with Crippen LogP contribution in [-0.2, 0) is 17.5 Å². The second kappa shape index (κ2) is 6.93. The van der Waals surface area contributed by atoms with E-state index in [2.05, 4.69) is 5.32 Å². The van der Waals surface area contributed by atoms with Crippen molar-refractivity contribution in [1.82, 2.24) is 5.32 Å². The fourth-order valence-corrected chi connectivity index (χ4v) is 2.74. The van der Waals surface area contributed by atoms with E-state index in [-0.39, 0.29) is 24.1 Å². The van der Waals surface area contributed by atoms with E-state index in [0.29, 0.717) is 32.2 Å². The molecule has 1 saturated heterocycles. The highest BCUT2D eigenvalue weighted by Gasteiger charge is 2.35. The van der Waals surface area contributed by atoms with Crippen LogP contribution in [0.25, 0.3) is 0 Å². The molecule has 0 radical (unpaired) electrons. The van der Waals surface area contributed by atoms with Crippen molar-refractivity contribution in [2.45, 2.75) is 25.6 Å². The summed E-state index contributed by atoms with van der Waals surface area (Å²) >= 11 is 0. The molecule has 2 N–H and O–H groups in total. The summed E-state index contributed by atoms with van der Waals surface area (Å²) in [7, 11) is 0. The van der Waals surface area contributed by atoms with Crippen molar-refractivity contribution in [2.24, 2.45) is 5.41 Å². The molecule has 0 bridgehead atoms. The van der Waals surface area contributed by atoms with Gasteiger partial charge in [-0.15, -0.1) is 0 Å². The molecule has 2 rings (SSSR count). The molecule has 1 aromatic rings. The summed E-state index contributed by atoms with van der Waals surface area (Å²) in [6, 6.07) is 2.68. The summed E-state index contributed by atoms with van der Waals surface area (Å²) in [4.78, 5) is 0. The Morgan fingerprint density at radius 2 is 2.09 bits per heavy atom. The van der Waals surface area contributed by atoms with E-state index in [1.165, 1.54) is 0 Å². The molecule has 0 spiro atoms. The minimum atomic E-state index is -4.58. The molecule has 1 aromatic carbocycles. The number of ether oxygens (including phenoxy) is 1. The topological polar surface area (TPSA) is 41.5 Å². The van der Waals surface area contributed by atoms with Crippen LogP contribution in [0, 0.1) is 11.2 Å². The predicted molar refractivity (Wildman–Crippen MR) is 72.7 cm³/mol. The van der Waals surface area contributed by atoms with E-state index in [0.717, 1.165) is 18.6 Å². The number of halogens is 4. The number of hydrogen-bond acceptors (Lipinski definition) is 3. The SMILES string of the molecule is OCCC1(CNCc2ccc(F)cc2C(F)(F)F)CCOC1. The summed E-state index contributed by atoms with van der Waals surface area (Å²) in [5.74, 6) is -0.906. The first-order valence-electron chi connectivity index (χ1n) is 7.11. The predicted octanol–water partition coefficient (Wildman–Crippen LogP) is 2.72. The number of aliphatic hydroxyl groups is 1. The standard InChI is InChI=1S/C15H19F4NO2/c16-12-2-1-11(13(7-12)15(17,18)19)8-20-9-14(3-5-21)4-6-22-10-14/h1-2,7,20-21H,3-6,8-10H2. The van der Waals surface area contributed by atoms with Gasteiger partial charge in [0.25, 0.3) is 0 Å². The highest BCUT2D eigenvalue weighted by Crippen LogP contribution is 2.34. The van der Waals surface area contributed by atoms with Crippen LogP contribution >= 0.6 is 0 Å². The lowest BCUT2D eigenvalue weighted by Gasteiger charge is -2.27. The van der Waals surface area contributed by atoms with Crippen LogP contribution in [0.3, 0.4) is 0 Å². The molecule has 1 aliphatic rings. The molecule has 1 atom stereocenters. The minimum Gasteiger partial charge on any atom is -0.396 e. The van der Waals surface area contributed by atoms with E-state index in [1.54, 1.807) is 0 Å². The van der Waals surface area contributed by atoms with Crippen molar-refractivity contribution in [3.05, 3.63) is 35.1 Å². The highest BCUT2D eigenvalue weighted by atomic mass is 19.4. The zero-order valence-corrected chi connectivity index (χ0v) is 12.0. The fourth-order valence-electron chi connectivity index (χ4n) is 2.74. The summed E-state index contributed by atoms with van der Waals surface area (Å²) < 4.78 is 57.1. The van der Waals surface area contributed by atoms with Crippen molar-refractivity contribution < 1.29 is 27.4 Å². The van der Waals surface area contributed by atoms with Gasteiger partial charge in [-0.25, -0.2) is 4.39 Å². The van der Waals surface area contributed by atoms with E-state index >= 15 is 0 Å². The zero-order chi connectivity index (χ0) is 16.2. The van der Waals surface area contributed by atoms with Gasteiger partial charge in [0.2, 0.25) is 0 Å². The van der Waals surface area contributed by atoms with Gasteiger partial charge in [0, 0.05) is 31.7 Å². The van der Waals surface area contributed by atoms with E-state index in [9.17, 15) is 17.6 Å². The summed E-state index contributed by atoms with van der Waals surface area (Å²) in [6.07, 6.45) is -3.29. The second-order valence-electron chi connectivity index (χ2n) is 5.68. The van der Waals surface area contributed by atoms with Gasteiger partial charge in [-0.1, -0.05) is 6.07 Å². The van der Waals surface area contributed by atoms with Crippen molar-refractivity contribution in [1.29, 1.82) is 0 Å². The Morgan fingerprint density at radius 3 is 2.68 bits per heavy atom. The van der Waals surface area contributed by atoms with Gasteiger partial charge in [-0.05, 0) is 30.5 Å². The number of hydrogen-bond donors (Lipinski definition) is 2. The maximum Gasteiger partial charge on any atom is 0.416 e.